The van der Waals surface area contributed by atoms with Crippen molar-refractivity contribution in [1.29, 1.82) is 0 Å². The van der Waals surface area contributed by atoms with Crippen LogP contribution in [0.5, 0.6) is 11.5 Å². The summed E-state index contributed by atoms with van der Waals surface area (Å²) in [6, 6.07) is 18.2. The van der Waals surface area contributed by atoms with Crippen molar-refractivity contribution >= 4 is 52.8 Å². The van der Waals surface area contributed by atoms with Crippen molar-refractivity contribution in [3.05, 3.63) is 92.9 Å². The van der Waals surface area contributed by atoms with E-state index in [-0.39, 0.29) is 11.4 Å². The number of ether oxygens (including phenoxy) is 2. The second-order valence-electron chi connectivity index (χ2n) is 7.94. The van der Waals surface area contributed by atoms with E-state index in [0.29, 0.717) is 33.7 Å². The molecule has 37 heavy (non-hydrogen) atoms. The van der Waals surface area contributed by atoms with Crippen molar-refractivity contribution in [3.8, 4) is 11.5 Å². The molecule has 0 aliphatic heterocycles. The van der Waals surface area contributed by atoms with Crippen LogP contribution in [0, 0.1) is 0 Å². The Morgan fingerprint density at radius 2 is 1.62 bits per heavy atom. The number of nitrogens with zero attached hydrogens (tertiary/aromatic N) is 1. The van der Waals surface area contributed by atoms with Crippen LogP contribution in [0.25, 0.3) is 0 Å². The van der Waals surface area contributed by atoms with Crippen LogP contribution in [0.2, 0.25) is 15.1 Å². The van der Waals surface area contributed by atoms with Gasteiger partial charge < -0.3 is 14.8 Å². The molecule has 2 amide bonds. The molecule has 0 unspecified atom stereocenters. The van der Waals surface area contributed by atoms with Crippen molar-refractivity contribution in [2.24, 2.45) is 5.10 Å². The van der Waals surface area contributed by atoms with E-state index < -0.39 is 24.0 Å². The van der Waals surface area contributed by atoms with Gasteiger partial charge in [-0.05, 0) is 55.8 Å². The third kappa shape index (κ3) is 8.67. The van der Waals surface area contributed by atoms with Gasteiger partial charge in [0.15, 0.2) is 6.10 Å². The Kier molecular flexibility index (Phi) is 10.6. The fraction of sp³-hybridized carbons (Fsp3) is 0.222. The summed E-state index contributed by atoms with van der Waals surface area (Å²) in [5.41, 5.74) is 3.94. The summed E-state index contributed by atoms with van der Waals surface area (Å²) in [6.45, 7) is 3.88. The number of hydrogen-bond donors (Lipinski definition) is 2. The molecule has 0 bridgehead atoms. The third-order valence-corrected chi connectivity index (χ3v) is 5.90. The molecule has 0 spiro atoms. The maximum absolute atomic E-state index is 13.0. The molecule has 2 N–H and O–H groups in total. The molecule has 3 aromatic carbocycles. The van der Waals surface area contributed by atoms with Crippen LogP contribution in [0.15, 0.2) is 71.8 Å². The molecule has 3 rings (SSSR count). The lowest BCUT2D eigenvalue weighted by Gasteiger charge is -2.21. The highest BCUT2D eigenvalue weighted by atomic mass is 35.5. The highest BCUT2D eigenvalue weighted by Crippen LogP contribution is 2.28. The summed E-state index contributed by atoms with van der Waals surface area (Å²) in [5, 5.41) is 8.01. The van der Waals surface area contributed by atoms with Gasteiger partial charge >= 0.3 is 0 Å². The molecule has 194 valence electrons. The van der Waals surface area contributed by atoms with E-state index in [0.717, 1.165) is 5.56 Å². The van der Waals surface area contributed by atoms with E-state index in [9.17, 15) is 9.59 Å². The number of benzene rings is 3. The fourth-order valence-corrected chi connectivity index (χ4v) is 3.95. The predicted molar refractivity (Wildman–Crippen MR) is 147 cm³/mol. The van der Waals surface area contributed by atoms with Gasteiger partial charge in [-0.25, -0.2) is 5.43 Å². The second-order valence-corrected chi connectivity index (χ2v) is 9.22. The smallest absolute Gasteiger partial charge is 0.262 e. The van der Waals surface area contributed by atoms with E-state index in [1.165, 1.54) is 12.3 Å². The molecule has 0 saturated heterocycles. The molecule has 2 atom stereocenters. The largest absolute Gasteiger partial charge is 0.493 e. The lowest BCUT2D eigenvalue weighted by Crippen LogP contribution is -2.50. The normalized spacial score (nSPS) is 12.6. The van der Waals surface area contributed by atoms with Crippen LogP contribution in [0.1, 0.15) is 25.0 Å². The summed E-state index contributed by atoms with van der Waals surface area (Å²) in [5.74, 6) is -0.135. The molecule has 0 aromatic heterocycles. The van der Waals surface area contributed by atoms with Gasteiger partial charge in [-0.3, -0.25) is 9.59 Å². The lowest BCUT2D eigenvalue weighted by molar-refractivity contribution is -0.132. The van der Waals surface area contributed by atoms with Crippen LogP contribution in [-0.2, 0) is 16.0 Å². The minimum Gasteiger partial charge on any atom is -0.493 e. The van der Waals surface area contributed by atoms with Crippen molar-refractivity contribution in [1.82, 2.24) is 10.7 Å². The molecular formula is C27H26Cl3N3O4. The molecule has 7 nitrogen and oxygen atoms in total. The first-order chi connectivity index (χ1) is 17.8. The number of amides is 2. The first kappa shape index (κ1) is 28.3. The Balaban J connectivity index is 1.72. The summed E-state index contributed by atoms with van der Waals surface area (Å²) in [7, 11) is 0. The average molecular weight is 563 g/mol. The maximum atomic E-state index is 13.0. The third-order valence-electron chi connectivity index (χ3n) is 5.13. The van der Waals surface area contributed by atoms with Gasteiger partial charge in [0.25, 0.3) is 11.8 Å². The zero-order chi connectivity index (χ0) is 26.8. The first-order valence-corrected chi connectivity index (χ1v) is 12.6. The Morgan fingerprint density at radius 1 is 0.946 bits per heavy atom. The average Bonchev–Trinajstić information content (AvgIpc) is 2.87. The van der Waals surface area contributed by atoms with Crippen molar-refractivity contribution < 1.29 is 19.1 Å². The van der Waals surface area contributed by atoms with Crippen LogP contribution in [0.3, 0.4) is 0 Å². The molecule has 0 heterocycles. The van der Waals surface area contributed by atoms with Gasteiger partial charge in [0.05, 0.1) is 17.8 Å². The zero-order valence-corrected chi connectivity index (χ0v) is 22.5. The maximum Gasteiger partial charge on any atom is 0.262 e. The van der Waals surface area contributed by atoms with E-state index in [1.54, 1.807) is 37.3 Å². The fourth-order valence-electron chi connectivity index (χ4n) is 3.31. The van der Waals surface area contributed by atoms with Gasteiger partial charge in [-0.15, -0.1) is 0 Å². The topological polar surface area (TPSA) is 89.0 Å². The Bertz CT molecular complexity index is 1250. The number of hydrazone groups is 1. The highest BCUT2D eigenvalue weighted by Gasteiger charge is 2.25. The predicted octanol–water partition coefficient (Wildman–Crippen LogP) is 5.69. The number of hydrogen-bond acceptors (Lipinski definition) is 5. The zero-order valence-electron chi connectivity index (χ0n) is 20.2. The van der Waals surface area contributed by atoms with Crippen molar-refractivity contribution in [2.75, 3.05) is 6.61 Å². The van der Waals surface area contributed by atoms with E-state index >= 15 is 0 Å². The Hall–Kier alpha value is -3.26. The van der Waals surface area contributed by atoms with Crippen LogP contribution >= 0.6 is 34.8 Å². The summed E-state index contributed by atoms with van der Waals surface area (Å²) in [4.78, 5) is 26.0. The van der Waals surface area contributed by atoms with Crippen LogP contribution < -0.4 is 20.2 Å². The molecule has 3 aromatic rings. The van der Waals surface area contributed by atoms with Gasteiger partial charge in [0, 0.05) is 22.0 Å². The number of carbonyl (C=O) groups excluding carboxylic acids is 2. The van der Waals surface area contributed by atoms with E-state index in [1.807, 2.05) is 37.3 Å². The van der Waals surface area contributed by atoms with Gasteiger partial charge in [0.2, 0.25) is 0 Å². The molecule has 0 saturated carbocycles. The van der Waals surface area contributed by atoms with Gasteiger partial charge in [-0.1, -0.05) is 65.1 Å². The first-order valence-electron chi connectivity index (χ1n) is 11.5. The number of nitrogens with one attached hydrogen (secondary N) is 2. The monoisotopic (exact) mass is 561 g/mol. The summed E-state index contributed by atoms with van der Waals surface area (Å²) >= 11 is 18.2. The number of carbonyl (C=O) groups is 2. The van der Waals surface area contributed by atoms with Crippen molar-refractivity contribution in [2.45, 2.75) is 32.4 Å². The molecular weight excluding hydrogens is 537 g/mol. The summed E-state index contributed by atoms with van der Waals surface area (Å²) in [6.07, 6.45) is 0.738. The Labute approximate surface area is 230 Å². The minimum absolute atomic E-state index is 0.240. The van der Waals surface area contributed by atoms with Crippen molar-refractivity contribution in [3.63, 3.8) is 0 Å². The standard InChI is InChI=1S/C27H26Cl3N3O4/c1-3-36-24-11-9-20(28)14-19(24)16-31-33-27(35)23(13-18-7-5-4-6-8-18)32-26(34)17(2)37-25-12-10-21(29)15-22(25)30/h4-12,14-17,23H,3,13H2,1-2H3,(H,32,34)(H,33,35)/b31-16-/t17-,23-/m0/s1. The molecule has 10 heteroatoms. The molecule has 0 aliphatic rings. The number of rotatable bonds is 11. The SMILES string of the molecule is CCOc1ccc(Cl)cc1/C=N\NC(=O)[C@H](Cc1ccccc1)NC(=O)[C@H](C)Oc1ccc(Cl)cc1Cl. The molecule has 0 fully saturated rings. The second kappa shape index (κ2) is 13.9. The van der Waals surface area contributed by atoms with Gasteiger partial charge in [0.1, 0.15) is 17.5 Å². The number of halogens is 3. The quantitative estimate of drug-likeness (QED) is 0.232. The summed E-state index contributed by atoms with van der Waals surface area (Å²) < 4.78 is 11.3. The van der Waals surface area contributed by atoms with Gasteiger partial charge in [-0.2, -0.15) is 5.10 Å². The van der Waals surface area contributed by atoms with Crippen LogP contribution in [0.4, 0.5) is 0 Å². The minimum atomic E-state index is -0.937. The highest BCUT2D eigenvalue weighted by molar-refractivity contribution is 6.35. The Morgan fingerprint density at radius 3 is 2.30 bits per heavy atom. The van der Waals surface area contributed by atoms with E-state index in [2.05, 4.69) is 15.8 Å². The molecule has 0 radical (unpaired) electrons. The molecule has 0 aliphatic carbocycles. The van der Waals surface area contributed by atoms with E-state index in [4.69, 9.17) is 44.3 Å². The lowest BCUT2D eigenvalue weighted by atomic mass is 10.1. The van der Waals surface area contributed by atoms with Crippen LogP contribution in [-0.4, -0.2) is 36.8 Å².